The van der Waals surface area contributed by atoms with Crippen molar-refractivity contribution >= 4 is 6.03 Å². The molecule has 3 rings (SSSR count). The highest BCUT2D eigenvalue weighted by Gasteiger charge is 2.27. The molecule has 1 aliphatic rings. The minimum Gasteiger partial charge on any atom is -0.467 e. The van der Waals surface area contributed by atoms with Gasteiger partial charge in [-0.3, -0.25) is 0 Å². The molecule has 1 heterocycles. The van der Waals surface area contributed by atoms with Gasteiger partial charge in [-0.1, -0.05) is 12.1 Å². The molecule has 6 heteroatoms. The van der Waals surface area contributed by atoms with Crippen molar-refractivity contribution in [2.75, 3.05) is 13.7 Å². The highest BCUT2D eigenvalue weighted by molar-refractivity contribution is 5.75. The van der Waals surface area contributed by atoms with Crippen molar-refractivity contribution in [2.24, 2.45) is 0 Å². The Hall–Kier alpha value is -2.34. The minimum absolute atomic E-state index is 0.180. The lowest BCUT2D eigenvalue weighted by Crippen LogP contribution is -2.40. The molecule has 0 radical (unpaired) electrons. The summed E-state index contributed by atoms with van der Waals surface area (Å²) in [5, 5.41) is 5.73. The van der Waals surface area contributed by atoms with Gasteiger partial charge in [-0.05, 0) is 42.2 Å². The lowest BCUT2D eigenvalue weighted by Gasteiger charge is -2.19. The lowest BCUT2D eigenvalue weighted by molar-refractivity contribution is 0.156. The number of methoxy groups -OCH3 is 1. The first-order chi connectivity index (χ1) is 11.2. The van der Waals surface area contributed by atoms with Gasteiger partial charge in [0, 0.05) is 7.11 Å². The minimum atomic E-state index is -0.372. The highest BCUT2D eigenvalue weighted by Crippen LogP contribution is 2.32. The van der Waals surface area contributed by atoms with Gasteiger partial charge in [-0.2, -0.15) is 0 Å². The molecule has 5 nitrogen and oxygen atoms in total. The largest absolute Gasteiger partial charge is 0.467 e. The van der Waals surface area contributed by atoms with E-state index >= 15 is 0 Å². The zero-order chi connectivity index (χ0) is 16.2. The van der Waals surface area contributed by atoms with Gasteiger partial charge in [0.15, 0.2) is 0 Å². The van der Waals surface area contributed by atoms with Crippen LogP contribution in [0.25, 0.3) is 0 Å². The molecule has 23 heavy (non-hydrogen) atoms. The molecule has 0 unspecified atom stereocenters. The maximum atomic E-state index is 13.7. The van der Waals surface area contributed by atoms with Crippen LogP contribution in [0, 0.1) is 5.82 Å². The molecule has 0 fully saturated rings. The topological polar surface area (TPSA) is 63.5 Å². The Morgan fingerprint density at radius 1 is 1.43 bits per heavy atom. The molecule has 2 atom stereocenters. The van der Waals surface area contributed by atoms with Crippen molar-refractivity contribution in [3.63, 3.8) is 0 Å². The van der Waals surface area contributed by atoms with Gasteiger partial charge in [-0.15, -0.1) is 0 Å². The van der Waals surface area contributed by atoms with E-state index < -0.39 is 0 Å². The van der Waals surface area contributed by atoms with Crippen molar-refractivity contribution in [3.05, 3.63) is 59.3 Å². The van der Waals surface area contributed by atoms with Crippen molar-refractivity contribution < 1.29 is 18.3 Å². The fourth-order valence-corrected chi connectivity index (χ4v) is 2.97. The second-order valence-electron chi connectivity index (χ2n) is 5.54. The number of rotatable bonds is 5. The molecule has 122 valence electrons. The zero-order valence-electron chi connectivity index (χ0n) is 12.8. The molecule has 1 aromatic carbocycles. The first kappa shape index (κ1) is 15.6. The molecule has 1 aromatic heterocycles. The van der Waals surface area contributed by atoms with Crippen LogP contribution in [0.4, 0.5) is 9.18 Å². The third kappa shape index (κ3) is 3.37. The zero-order valence-corrected chi connectivity index (χ0v) is 12.8. The number of hydrogen-bond donors (Lipinski definition) is 2. The van der Waals surface area contributed by atoms with E-state index in [0.29, 0.717) is 30.8 Å². The first-order valence-corrected chi connectivity index (χ1v) is 7.55. The summed E-state index contributed by atoms with van der Waals surface area (Å²) in [4.78, 5) is 12.3. The van der Waals surface area contributed by atoms with Gasteiger partial charge in [-0.25, -0.2) is 9.18 Å². The van der Waals surface area contributed by atoms with Crippen LogP contribution in [0.3, 0.4) is 0 Å². The lowest BCUT2D eigenvalue weighted by atomic mass is 10.1. The number of halogens is 1. The van der Waals surface area contributed by atoms with Crippen molar-refractivity contribution in [3.8, 4) is 0 Å². The van der Waals surface area contributed by atoms with Crippen molar-refractivity contribution in [1.29, 1.82) is 0 Å². The second-order valence-corrected chi connectivity index (χ2v) is 5.54. The molecular weight excluding hydrogens is 299 g/mol. The maximum absolute atomic E-state index is 13.7. The molecule has 0 bridgehead atoms. The summed E-state index contributed by atoms with van der Waals surface area (Å²) in [6.07, 6.45) is 2.87. The van der Waals surface area contributed by atoms with Crippen LogP contribution in [-0.2, 0) is 11.2 Å². The van der Waals surface area contributed by atoms with Gasteiger partial charge in [0.25, 0.3) is 0 Å². The molecule has 2 aromatic rings. The second kappa shape index (κ2) is 6.83. The SMILES string of the molecule is COC[C@@H](NC(=O)N[C@@H]1CCc2c(F)cccc21)c1ccco1. The molecule has 1 aliphatic carbocycles. The van der Waals surface area contributed by atoms with E-state index in [4.69, 9.17) is 9.15 Å². The van der Waals surface area contributed by atoms with Crippen LogP contribution in [0.5, 0.6) is 0 Å². The van der Waals surface area contributed by atoms with Crippen LogP contribution in [-0.4, -0.2) is 19.7 Å². The van der Waals surface area contributed by atoms with Crippen LogP contribution in [0.1, 0.15) is 35.4 Å². The van der Waals surface area contributed by atoms with Crippen LogP contribution >= 0.6 is 0 Å². The van der Waals surface area contributed by atoms with Crippen molar-refractivity contribution in [1.82, 2.24) is 10.6 Å². The number of carbonyl (C=O) groups excluding carboxylic acids is 1. The molecule has 0 spiro atoms. The Morgan fingerprint density at radius 3 is 3.04 bits per heavy atom. The van der Waals surface area contributed by atoms with E-state index in [0.717, 1.165) is 5.56 Å². The predicted octanol–water partition coefficient (Wildman–Crippen LogP) is 3.09. The Balaban J connectivity index is 1.65. The van der Waals surface area contributed by atoms with E-state index in [1.807, 2.05) is 6.07 Å². The standard InChI is InChI=1S/C17H19FN2O3/c1-22-10-15(16-6-3-9-23-16)20-17(21)19-14-8-7-11-12(14)4-2-5-13(11)18/h2-6,9,14-15H,7-8,10H2,1H3,(H2,19,20,21)/t14-,15-/m1/s1. The normalized spacial score (nSPS) is 17.6. The molecule has 0 saturated heterocycles. The summed E-state index contributed by atoms with van der Waals surface area (Å²) in [6, 6.07) is 7.64. The molecule has 2 amide bonds. The number of urea groups is 1. The number of fused-ring (bicyclic) bond motifs is 1. The smallest absolute Gasteiger partial charge is 0.315 e. The summed E-state index contributed by atoms with van der Waals surface area (Å²) in [5.41, 5.74) is 1.54. The highest BCUT2D eigenvalue weighted by atomic mass is 19.1. The monoisotopic (exact) mass is 318 g/mol. The first-order valence-electron chi connectivity index (χ1n) is 7.55. The summed E-state index contributed by atoms with van der Waals surface area (Å²) in [5.74, 6) is 0.417. The Labute approximate surface area is 133 Å². The quantitative estimate of drug-likeness (QED) is 0.890. The number of furan rings is 1. The Bertz CT molecular complexity index is 672. The summed E-state index contributed by atoms with van der Waals surface area (Å²) >= 11 is 0. The van der Waals surface area contributed by atoms with Crippen LogP contribution < -0.4 is 10.6 Å². The summed E-state index contributed by atoms with van der Waals surface area (Å²) in [7, 11) is 1.56. The van der Waals surface area contributed by atoms with E-state index in [-0.39, 0.29) is 23.9 Å². The molecule has 0 aliphatic heterocycles. The van der Waals surface area contributed by atoms with E-state index in [1.54, 1.807) is 31.6 Å². The van der Waals surface area contributed by atoms with Crippen LogP contribution in [0.2, 0.25) is 0 Å². The van der Waals surface area contributed by atoms with Gasteiger partial charge in [0.2, 0.25) is 0 Å². The number of carbonyl (C=O) groups is 1. The third-order valence-corrected chi connectivity index (χ3v) is 4.04. The molecule has 0 saturated carbocycles. The Kier molecular flexibility index (Phi) is 4.62. The van der Waals surface area contributed by atoms with Gasteiger partial charge >= 0.3 is 6.03 Å². The van der Waals surface area contributed by atoms with E-state index in [2.05, 4.69) is 10.6 Å². The average molecular weight is 318 g/mol. The number of hydrogen-bond acceptors (Lipinski definition) is 3. The maximum Gasteiger partial charge on any atom is 0.315 e. The van der Waals surface area contributed by atoms with E-state index in [9.17, 15) is 9.18 Å². The summed E-state index contributed by atoms with van der Waals surface area (Å²) < 4.78 is 24.2. The number of benzene rings is 1. The van der Waals surface area contributed by atoms with Crippen molar-refractivity contribution in [2.45, 2.75) is 24.9 Å². The fraction of sp³-hybridized carbons (Fsp3) is 0.353. The molecule has 2 N–H and O–H groups in total. The number of amides is 2. The number of nitrogens with one attached hydrogen (secondary N) is 2. The average Bonchev–Trinajstić information content (AvgIpc) is 3.18. The fourth-order valence-electron chi connectivity index (χ4n) is 2.97. The number of ether oxygens (including phenoxy) is 1. The molecular formula is C17H19FN2O3. The van der Waals surface area contributed by atoms with Gasteiger partial charge in [0.1, 0.15) is 17.6 Å². The van der Waals surface area contributed by atoms with Gasteiger partial charge < -0.3 is 19.8 Å². The van der Waals surface area contributed by atoms with Gasteiger partial charge in [0.05, 0.1) is 18.9 Å². The Morgan fingerprint density at radius 2 is 2.30 bits per heavy atom. The summed E-state index contributed by atoms with van der Waals surface area (Å²) in [6.45, 7) is 0.302. The van der Waals surface area contributed by atoms with Crippen LogP contribution in [0.15, 0.2) is 41.0 Å². The third-order valence-electron chi connectivity index (χ3n) is 4.04. The van der Waals surface area contributed by atoms with E-state index in [1.165, 1.54) is 6.07 Å². The predicted molar refractivity (Wildman–Crippen MR) is 82.5 cm³/mol.